The van der Waals surface area contributed by atoms with Gasteiger partial charge in [-0.15, -0.1) is 0 Å². The molecule has 3 aliphatic heterocycles. The first-order valence-corrected chi connectivity index (χ1v) is 27.2. The number of aromatic amines is 2. The highest BCUT2D eigenvalue weighted by molar-refractivity contribution is 7.66. The summed E-state index contributed by atoms with van der Waals surface area (Å²) in [4.78, 5) is 114. The molecule has 41 heteroatoms. The lowest BCUT2D eigenvalue weighted by Crippen LogP contribution is -2.40. The van der Waals surface area contributed by atoms with Gasteiger partial charge in [-0.3, -0.25) is 42.5 Å². The molecule has 16 atom stereocenters. The molecule has 13 N–H and O–H groups in total. The third kappa shape index (κ3) is 11.2. The third-order valence-corrected chi connectivity index (χ3v) is 17.9. The molecule has 1 amide bonds. The Morgan fingerprint density at radius 1 is 0.824 bits per heavy atom. The highest BCUT2D eigenvalue weighted by atomic mass is 31.3. The second-order valence-electron chi connectivity index (χ2n) is 16.4. The van der Waals surface area contributed by atoms with E-state index in [0.29, 0.717) is 4.57 Å². The number of aromatic nitrogens is 10. The SMILES string of the molecule is CO[C@H]1[C@H](n2cnc3c(N)ncnc32)OC(COP(=O)(O)OP(=O)(O)OP(=O)(O)OC[C@H]2O[C@@H](n3c[n+](C)c4c(=O)[nH]c(N)nc43)[C@H](O)[C@@H]2CNC=O)[C@H]1P(=O)([O-])OC[C@H]1O[C@@H](n2ccc(=O)[nH]c2=O)[C@H](O)[C@@H]1O. The van der Waals surface area contributed by atoms with Gasteiger partial charge in [0.2, 0.25) is 24.9 Å². The number of H-pyrrole nitrogens is 2. The van der Waals surface area contributed by atoms with Crippen LogP contribution in [0.5, 0.6) is 0 Å². The van der Waals surface area contributed by atoms with E-state index in [4.69, 9.17) is 44.0 Å². The van der Waals surface area contributed by atoms with Crippen LogP contribution >= 0.6 is 31.1 Å². The van der Waals surface area contributed by atoms with Crippen molar-refractivity contribution in [3.8, 4) is 0 Å². The van der Waals surface area contributed by atoms with Crippen molar-refractivity contribution in [3.63, 3.8) is 0 Å². The van der Waals surface area contributed by atoms with E-state index in [2.05, 4.69) is 38.9 Å². The molecule has 8 heterocycles. The third-order valence-electron chi connectivity index (χ3n) is 11.7. The number of aryl methyl sites for hydroxylation is 1. The Kier molecular flexibility index (Phi) is 15.8. The number of imidazole rings is 2. The number of nitrogens with one attached hydrogen (secondary N) is 3. The van der Waals surface area contributed by atoms with Gasteiger partial charge < -0.3 is 79.7 Å². The number of phosphoric acid groups is 3. The van der Waals surface area contributed by atoms with Crippen molar-refractivity contribution in [2.24, 2.45) is 13.0 Å². The molecule has 0 bridgehead atoms. The summed E-state index contributed by atoms with van der Waals surface area (Å²) in [5.41, 5.74) is 6.92. The number of nitrogens with zero attached hydrogens (tertiary/aromatic N) is 8. The molecule has 74 heavy (non-hydrogen) atoms. The largest absolute Gasteiger partial charge is 0.778 e. The van der Waals surface area contributed by atoms with E-state index in [-0.39, 0.29) is 47.0 Å². The molecule has 5 aromatic rings. The summed E-state index contributed by atoms with van der Waals surface area (Å²) in [5, 5.41) is 35.0. The van der Waals surface area contributed by atoms with Crippen LogP contribution < -0.4 is 43.1 Å². The Balaban J connectivity index is 0.960. The van der Waals surface area contributed by atoms with E-state index in [1.54, 1.807) is 0 Å². The lowest BCUT2D eigenvalue weighted by molar-refractivity contribution is -0.646. The molecule has 5 aromatic heterocycles. The fraction of sp³-hybridized carbons (Fsp3) is 0.545. The Labute approximate surface area is 410 Å². The van der Waals surface area contributed by atoms with Crippen LogP contribution in [0.15, 0.2) is 45.6 Å². The van der Waals surface area contributed by atoms with Gasteiger partial charge in [-0.2, -0.15) is 18.2 Å². The first-order valence-electron chi connectivity index (χ1n) is 21.1. The molecule has 8 rings (SSSR count). The number of anilines is 2. The average molecular weight is 1130 g/mol. The van der Waals surface area contributed by atoms with Crippen LogP contribution in [-0.2, 0) is 71.2 Å². The van der Waals surface area contributed by atoms with E-state index < -0.39 is 141 Å². The molecule has 0 aliphatic carbocycles. The molecule has 0 aromatic carbocycles. The zero-order chi connectivity index (χ0) is 53.8. The van der Waals surface area contributed by atoms with Crippen molar-refractivity contribution < 1.29 is 104 Å². The summed E-state index contributed by atoms with van der Waals surface area (Å²) in [5.74, 6) is -1.58. The molecule has 37 nitrogen and oxygen atoms in total. The number of ether oxygens (including phenoxy) is 4. The highest BCUT2D eigenvalue weighted by Crippen LogP contribution is 2.68. The summed E-state index contributed by atoms with van der Waals surface area (Å²) in [6, 6.07) is 0.911. The molecule has 406 valence electrons. The van der Waals surface area contributed by atoms with Crippen LogP contribution in [-0.4, -0.2) is 162 Å². The summed E-state index contributed by atoms with van der Waals surface area (Å²) in [6.07, 6.45) is -12.1. The second-order valence-corrected chi connectivity index (χ2v) is 23.0. The Morgan fingerprint density at radius 3 is 2.12 bits per heavy atom. The summed E-state index contributed by atoms with van der Waals surface area (Å²) in [7, 11) is -21.2. The zero-order valence-corrected chi connectivity index (χ0v) is 41.4. The van der Waals surface area contributed by atoms with Crippen LogP contribution in [0.3, 0.4) is 0 Å². The standard InChI is InChI=1S/C33H45N13O24P4/c1-43-12-46(27-19(43)28(52)42-32(35)41-27)29-20(49)13(5-36-11-47)14(66-29)6-64-72(56,57)69-74(60,61)70-73(58,59)65-8-16-24(23(62-2)31(68-16)45-10-39-18-25(34)37-9-38-26(18)45)71(54,55)63-7-15-21(50)22(51)30(67-15)44-4-3-17(48)40-33(44)53/h3-4,9-16,20-24,29-31,49-51H,5-8H2,1-2H3,(H10-,34,35,36,37,38,40,41,42,47,48,52,53,54,55,56,57,58,59,60,61)/t13-,14-,15-,16?,20-,21-,22-,23-,24-,29-,30-,31-/m1/s1. The first kappa shape index (κ1) is 55.2. The minimum absolute atomic E-state index is 0.00677. The molecule has 0 saturated carbocycles. The highest BCUT2D eigenvalue weighted by Gasteiger charge is 2.55. The van der Waals surface area contributed by atoms with Crippen LogP contribution in [0.2, 0.25) is 0 Å². The van der Waals surface area contributed by atoms with Crippen LogP contribution in [0.4, 0.5) is 11.8 Å². The Hall–Kier alpha value is -5.07. The first-order chi connectivity index (χ1) is 34.7. The lowest BCUT2D eigenvalue weighted by atomic mass is 9.98. The number of amides is 1. The maximum atomic E-state index is 14.2. The minimum Gasteiger partial charge on any atom is -0.778 e. The van der Waals surface area contributed by atoms with Crippen molar-refractivity contribution in [3.05, 3.63) is 62.4 Å². The number of aliphatic hydroxyl groups excluding tert-OH is 3. The van der Waals surface area contributed by atoms with E-state index in [9.17, 15) is 72.3 Å². The number of hydrogen-bond acceptors (Lipinski definition) is 27. The number of rotatable bonds is 21. The van der Waals surface area contributed by atoms with Crippen molar-refractivity contribution >= 4 is 71.6 Å². The van der Waals surface area contributed by atoms with Crippen molar-refractivity contribution in [2.45, 2.75) is 67.1 Å². The van der Waals surface area contributed by atoms with Gasteiger partial charge in [-0.1, -0.05) is 0 Å². The van der Waals surface area contributed by atoms with Gasteiger partial charge in [0.05, 0.1) is 51.1 Å². The van der Waals surface area contributed by atoms with Crippen LogP contribution in [0, 0.1) is 5.92 Å². The smallest absolute Gasteiger partial charge is 0.490 e. The number of phosphoric ester groups is 2. The zero-order valence-electron chi connectivity index (χ0n) is 37.8. The van der Waals surface area contributed by atoms with Gasteiger partial charge in [-0.05, 0) is 0 Å². The Bertz CT molecular complexity index is 3300. The number of carbonyl (C=O) groups excluding carboxylic acids is 1. The number of hydrogen-bond donors (Lipinski definition) is 11. The Morgan fingerprint density at radius 2 is 1.46 bits per heavy atom. The quantitative estimate of drug-likeness (QED) is 0.0186. The van der Waals surface area contributed by atoms with Gasteiger partial charge in [-0.25, -0.2) is 38.0 Å². The van der Waals surface area contributed by atoms with Crippen molar-refractivity contribution in [1.29, 1.82) is 0 Å². The summed E-state index contributed by atoms with van der Waals surface area (Å²) in [6.45, 7) is -3.81. The number of fused-ring (bicyclic) bond motifs is 2. The number of aliphatic hydroxyl groups is 3. The van der Waals surface area contributed by atoms with E-state index in [1.807, 2.05) is 4.98 Å². The molecule has 0 spiro atoms. The topological polar surface area (TPSA) is 530 Å². The number of carbonyl (C=O) groups is 1. The van der Waals surface area contributed by atoms with Crippen LogP contribution in [0.25, 0.3) is 22.3 Å². The molecule has 5 unspecified atom stereocenters. The fourth-order valence-corrected chi connectivity index (χ4v) is 13.7. The van der Waals surface area contributed by atoms with Gasteiger partial charge in [0, 0.05) is 31.8 Å². The second kappa shape index (κ2) is 21.2. The molecule has 3 fully saturated rings. The van der Waals surface area contributed by atoms with E-state index in [1.165, 1.54) is 22.5 Å². The number of methoxy groups -OCH3 is 1. The lowest BCUT2D eigenvalue weighted by Gasteiger charge is -2.35. The molecular weight excluding hydrogens is 1090 g/mol. The van der Waals surface area contributed by atoms with Gasteiger partial charge in [0.25, 0.3) is 16.7 Å². The van der Waals surface area contributed by atoms with Gasteiger partial charge in [0.1, 0.15) is 50.0 Å². The predicted octanol–water partition coefficient (Wildman–Crippen LogP) is -5.44. The molecule has 0 radical (unpaired) electrons. The van der Waals surface area contributed by atoms with Crippen molar-refractivity contribution in [1.82, 2.24) is 48.9 Å². The van der Waals surface area contributed by atoms with E-state index in [0.717, 1.165) is 36.6 Å². The maximum absolute atomic E-state index is 14.2. The maximum Gasteiger partial charge on any atom is 0.490 e. The molecular formula is C33H45N13O24P4. The monoisotopic (exact) mass is 1130 g/mol. The van der Waals surface area contributed by atoms with Gasteiger partial charge in [0.15, 0.2) is 23.9 Å². The molecule has 3 aliphatic rings. The fourth-order valence-electron chi connectivity index (χ4n) is 8.50. The normalized spacial score (nSPS) is 30.5. The number of nitrogen functional groups attached to an aromatic ring is 2. The number of nitrogens with two attached hydrogens (primary N) is 2. The van der Waals surface area contributed by atoms with Crippen LogP contribution in [0.1, 0.15) is 18.7 Å². The molecule has 3 saturated heterocycles. The van der Waals surface area contributed by atoms with E-state index >= 15 is 0 Å². The predicted molar refractivity (Wildman–Crippen MR) is 236 cm³/mol. The summed E-state index contributed by atoms with van der Waals surface area (Å²) < 4.78 is 104. The van der Waals surface area contributed by atoms with Crippen molar-refractivity contribution in [2.75, 3.05) is 44.9 Å². The van der Waals surface area contributed by atoms with Gasteiger partial charge >= 0.3 is 34.7 Å². The summed E-state index contributed by atoms with van der Waals surface area (Å²) >= 11 is 0. The average Bonchev–Trinajstić information content (AvgIpc) is 4.12. The minimum atomic E-state index is -6.24.